The highest BCUT2D eigenvalue weighted by Gasteiger charge is 2.30. The van der Waals surface area contributed by atoms with E-state index < -0.39 is 9.84 Å². The number of aryl methyl sites for hydroxylation is 1. The van der Waals surface area contributed by atoms with Crippen LogP contribution in [0, 0.1) is 13.8 Å². The van der Waals surface area contributed by atoms with Crippen LogP contribution in [0.5, 0.6) is 5.75 Å². The first-order valence-corrected chi connectivity index (χ1v) is 9.97. The fraction of sp³-hybridized carbons (Fsp3) is 0.389. The monoisotopic (exact) mass is 362 g/mol. The van der Waals surface area contributed by atoms with Crippen molar-refractivity contribution in [1.82, 2.24) is 9.88 Å². The summed E-state index contributed by atoms with van der Waals surface area (Å²) >= 11 is 0. The van der Waals surface area contributed by atoms with Crippen molar-refractivity contribution >= 4 is 15.7 Å². The summed E-state index contributed by atoms with van der Waals surface area (Å²) in [4.78, 5) is 12.6. The lowest BCUT2D eigenvalue weighted by Gasteiger charge is -2.13. The second-order valence-electron chi connectivity index (χ2n) is 6.40. The van der Waals surface area contributed by atoms with E-state index in [1.54, 1.807) is 7.11 Å². The highest BCUT2D eigenvalue weighted by Crippen LogP contribution is 2.24. The molecule has 7 heteroatoms. The van der Waals surface area contributed by atoms with Gasteiger partial charge in [0, 0.05) is 29.2 Å². The van der Waals surface area contributed by atoms with Crippen LogP contribution in [0.25, 0.3) is 5.69 Å². The summed E-state index contributed by atoms with van der Waals surface area (Å²) in [6.45, 7) is 3.82. The molecule has 1 N–H and O–H groups in total. The Hall–Kier alpha value is -2.28. The third-order valence-corrected chi connectivity index (χ3v) is 6.32. The van der Waals surface area contributed by atoms with Gasteiger partial charge in [-0.15, -0.1) is 0 Å². The van der Waals surface area contributed by atoms with E-state index in [0.717, 1.165) is 22.8 Å². The normalized spacial score (nSPS) is 18.9. The van der Waals surface area contributed by atoms with Crippen molar-refractivity contribution in [3.63, 3.8) is 0 Å². The third kappa shape index (κ3) is 3.56. The molecule has 1 aromatic carbocycles. The standard InChI is InChI=1S/C18H22N2O4S/c1-12-9-17(18(21)19-14-7-8-25(22,23)11-14)13(2)20(12)15-5-4-6-16(10-15)24-3/h4-6,9-10,14H,7-8,11H2,1-3H3,(H,19,21). The molecule has 1 amide bonds. The summed E-state index contributed by atoms with van der Waals surface area (Å²) in [5, 5.41) is 2.85. The van der Waals surface area contributed by atoms with Crippen molar-refractivity contribution in [2.75, 3.05) is 18.6 Å². The summed E-state index contributed by atoms with van der Waals surface area (Å²) in [5.41, 5.74) is 3.21. The number of methoxy groups -OCH3 is 1. The Kier molecular flexibility index (Phi) is 4.60. The lowest BCUT2D eigenvalue weighted by Crippen LogP contribution is -2.35. The Morgan fingerprint density at radius 1 is 1.28 bits per heavy atom. The van der Waals surface area contributed by atoms with Crippen molar-refractivity contribution in [2.24, 2.45) is 0 Å². The number of carbonyl (C=O) groups is 1. The zero-order chi connectivity index (χ0) is 18.2. The Morgan fingerprint density at radius 3 is 2.68 bits per heavy atom. The van der Waals surface area contributed by atoms with E-state index in [-0.39, 0.29) is 23.5 Å². The zero-order valence-electron chi connectivity index (χ0n) is 14.6. The summed E-state index contributed by atoms with van der Waals surface area (Å²) in [5.74, 6) is 0.672. The van der Waals surface area contributed by atoms with Crippen molar-refractivity contribution in [2.45, 2.75) is 26.3 Å². The molecular formula is C18H22N2O4S. The van der Waals surface area contributed by atoms with Crippen molar-refractivity contribution in [3.8, 4) is 11.4 Å². The van der Waals surface area contributed by atoms with Crippen LogP contribution in [0.3, 0.4) is 0 Å². The van der Waals surface area contributed by atoms with E-state index in [0.29, 0.717) is 12.0 Å². The molecule has 1 unspecified atom stereocenters. The lowest BCUT2D eigenvalue weighted by molar-refractivity contribution is 0.0940. The smallest absolute Gasteiger partial charge is 0.253 e. The number of aromatic nitrogens is 1. The number of ether oxygens (including phenoxy) is 1. The molecule has 1 atom stereocenters. The zero-order valence-corrected chi connectivity index (χ0v) is 15.4. The predicted molar refractivity (Wildman–Crippen MR) is 96.3 cm³/mol. The van der Waals surface area contributed by atoms with Gasteiger partial charge < -0.3 is 14.6 Å². The first-order valence-electron chi connectivity index (χ1n) is 8.15. The largest absolute Gasteiger partial charge is 0.497 e. The number of hydrogen-bond donors (Lipinski definition) is 1. The molecule has 1 saturated heterocycles. The number of nitrogens with one attached hydrogen (secondary N) is 1. The lowest BCUT2D eigenvalue weighted by atomic mass is 10.2. The average molecular weight is 362 g/mol. The molecule has 2 heterocycles. The van der Waals surface area contributed by atoms with Gasteiger partial charge in [0.25, 0.3) is 5.91 Å². The first kappa shape index (κ1) is 17.5. The number of hydrogen-bond acceptors (Lipinski definition) is 4. The molecule has 1 aliphatic rings. The van der Waals surface area contributed by atoms with Crippen LogP contribution >= 0.6 is 0 Å². The molecule has 3 rings (SSSR count). The van der Waals surface area contributed by atoms with Gasteiger partial charge in [0.15, 0.2) is 9.84 Å². The molecule has 6 nitrogen and oxygen atoms in total. The molecule has 2 aromatic rings. The van der Waals surface area contributed by atoms with Gasteiger partial charge >= 0.3 is 0 Å². The molecule has 0 spiro atoms. The van der Waals surface area contributed by atoms with Crippen LogP contribution < -0.4 is 10.1 Å². The van der Waals surface area contributed by atoms with Crippen LogP contribution in [0.2, 0.25) is 0 Å². The van der Waals surface area contributed by atoms with E-state index in [2.05, 4.69) is 5.32 Å². The number of sulfone groups is 1. The molecule has 25 heavy (non-hydrogen) atoms. The van der Waals surface area contributed by atoms with E-state index >= 15 is 0 Å². The van der Waals surface area contributed by atoms with Crippen LogP contribution in [-0.4, -0.2) is 43.5 Å². The second kappa shape index (κ2) is 6.55. The van der Waals surface area contributed by atoms with Gasteiger partial charge in [-0.25, -0.2) is 8.42 Å². The highest BCUT2D eigenvalue weighted by atomic mass is 32.2. The fourth-order valence-electron chi connectivity index (χ4n) is 3.31. The molecule has 134 valence electrons. The molecule has 0 bridgehead atoms. The van der Waals surface area contributed by atoms with Gasteiger partial charge in [0.2, 0.25) is 0 Å². The van der Waals surface area contributed by atoms with Crippen molar-refractivity contribution in [1.29, 1.82) is 0 Å². The van der Waals surface area contributed by atoms with Crippen LogP contribution in [0.4, 0.5) is 0 Å². The van der Waals surface area contributed by atoms with E-state index in [9.17, 15) is 13.2 Å². The van der Waals surface area contributed by atoms with Gasteiger partial charge in [-0.2, -0.15) is 0 Å². The van der Waals surface area contributed by atoms with Crippen LogP contribution in [0.1, 0.15) is 28.2 Å². The maximum atomic E-state index is 12.6. The maximum absolute atomic E-state index is 12.6. The fourth-order valence-corrected chi connectivity index (χ4v) is 4.98. The van der Waals surface area contributed by atoms with Gasteiger partial charge in [-0.1, -0.05) is 6.07 Å². The van der Waals surface area contributed by atoms with E-state index in [1.165, 1.54) is 0 Å². The minimum atomic E-state index is -3.02. The van der Waals surface area contributed by atoms with Gasteiger partial charge in [-0.3, -0.25) is 4.79 Å². The van der Waals surface area contributed by atoms with Crippen LogP contribution in [0.15, 0.2) is 30.3 Å². The number of benzene rings is 1. The summed E-state index contributed by atoms with van der Waals surface area (Å²) in [6.07, 6.45) is 0.475. The summed E-state index contributed by atoms with van der Waals surface area (Å²) in [6, 6.07) is 9.14. The Bertz CT molecular complexity index is 915. The average Bonchev–Trinajstić information content (AvgIpc) is 3.06. The SMILES string of the molecule is COc1cccc(-n2c(C)cc(C(=O)NC3CCS(=O)(=O)C3)c2C)c1. The molecule has 0 saturated carbocycles. The third-order valence-electron chi connectivity index (χ3n) is 4.55. The second-order valence-corrected chi connectivity index (χ2v) is 8.62. The van der Waals surface area contributed by atoms with Crippen molar-refractivity contribution in [3.05, 3.63) is 47.3 Å². The number of carbonyl (C=O) groups excluding carboxylic acids is 1. The quantitative estimate of drug-likeness (QED) is 0.903. The Labute approximate surface area is 147 Å². The maximum Gasteiger partial charge on any atom is 0.253 e. The minimum Gasteiger partial charge on any atom is -0.497 e. The molecule has 0 aliphatic carbocycles. The molecule has 1 fully saturated rings. The summed E-state index contributed by atoms with van der Waals surface area (Å²) < 4.78 is 30.4. The van der Waals surface area contributed by atoms with Gasteiger partial charge in [-0.05, 0) is 38.5 Å². The molecule has 1 aliphatic heterocycles. The highest BCUT2D eigenvalue weighted by molar-refractivity contribution is 7.91. The molecule has 1 aromatic heterocycles. The number of rotatable bonds is 4. The van der Waals surface area contributed by atoms with E-state index in [1.807, 2.05) is 48.7 Å². The van der Waals surface area contributed by atoms with Crippen molar-refractivity contribution < 1.29 is 17.9 Å². The summed E-state index contributed by atoms with van der Waals surface area (Å²) in [7, 11) is -1.41. The Morgan fingerprint density at radius 2 is 2.04 bits per heavy atom. The van der Waals surface area contributed by atoms with E-state index in [4.69, 9.17) is 4.74 Å². The number of amides is 1. The predicted octanol–water partition coefficient (Wildman–Crippen LogP) is 2.02. The van der Waals surface area contributed by atoms with Gasteiger partial charge in [0.05, 0.1) is 24.2 Å². The topological polar surface area (TPSA) is 77.4 Å². The molecular weight excluding hydrogens is 340 g/mol. The van der Waals surface area contributed by atoms with Crippen LogP contribution in [-0.2, 0) is 9.84 Å². The minimum absolute atomic E-state index is 0.0212. The van der Waals surface area contributed by atoms with Gasteiger partial charge in [0.1, 0.15) is 5.75 Å². The number of nitrogens with zero attached hydrogens (tertiary/aromatic N) is 1. The Balaban J connectivity index is 1.87. The molecule has 0 radical (unpaired) electrons. The first-order chi connectivity index (χ1) is 11.8.